The Bertz CT molecular complexity index is 547. The number of fused-ring (bicyclic) bond motifs is 1. The lowest BCUT2D eigenvalue weighted by Crippen LogP contribution is -2.51. The zero-order chi connectivity index (χ0) is 14.9. The molecule has 3 aliphatic rings. The molecule has 2 aliphatic heterocycles. The van der Waals surface area contributed by atoms with Crippen LogP contribution in [0.25, 0.3) is 0 Å². The van der Waals surface area contributed by atoms with E-state index in [2.05, 4.69) is 20.4 Å². The number of carbonyl (C=O) groups is 1. The number of H-pyrrole nitrogens is 1. The van der Waals surface area contributed by atoms with Crippen LogP contribution in [-0.4, -0.2) is 64.7 Å². The van der Waals surface area contributed by atoms with Crippen molar-refractivity contribution >= 4 is 18.3 Å². The van der Waals surface area contributed by atoms with Crippen LogP contribution >= 0.6 is 12.4 Å². The van der Waals surface area contributed by atoms with Crippen LogP contribution in [0.1, 0.15) is 47.4 Å². The number of carbonyl (C=O) groups excluding carboxylic acids is 1. The van der Waals surface area contributed by atoms with Crippen molar-refractivity contribution in [1.29, 1.82) is 0 Å². The minimum Gasteiger partial charge on any atom is -0.335 e. The fourth-order valence-electron chi connectivity index (χ4n) is 4.11. The van der Waals surface area contributed by atoms with Crippen molar-refractivity contribution in [2.75, 3.05) is 32.7 Å². The number of rotatable bonds is 2. The number of halogens is 1. The van der Waals surface area contributed by atoms with Gasteiger partial charge in [-0.05, 0) is 12.8 Å². The zero-order valence-corrected chi connectivity index (χ0v) is 14.3. The van der Waals surface area contributed by atoms with Gasteiger partial charge in [0.25, 0.3) is 5.91 Å². The van der Waals surface area contributed by atoms with Gasteiger partial charge < -0.3 is 10.2 Å². The van der Waals surface area contributed by atoms with E-state index in [0.29, 0.717) is 5.69 Å². The van der Waals surface area contributed by atoms with E-state index in [-0.39, 0.29) is 18.3 Å². The largest absolute Gasteiger partial charge is 0.335 e. The highest BCUT2D eigenvalue weighted by Gasteiger charge is 2.30. The summed E-state index contributed by atoms with van der Waals surface area (Å²) in [7, 11) is 0. The Hall–Kier alpha value is -1.11. The van der Waals surface area contributed by atoms with Crippen molar-refractivity contribution in [3.8, 4) is 0 Å². The second-order valence-corrected chi connectivity index (χ2v) is 6.72. The van der Waals surface area contributed by atoms with Crippen molar-refractivity contribution in [2.24, 2.45) is 0 Å². The molecule has 7 heteroatoms. The molecule has 1 aromatic heterocycles. The average Bonchev–Trinajstić information content (AvgIpc) is 3.24. The first-order valence-electron chi connectivity index (χ1n) is 8.63. The highest BCUT2D eigenvalue weighted by molar-refractivity contribution is 5.94. The van der Waals surface area contributed by atoms with Gasteiger partial charge in [-0.25, -0.2) is 0 Å². The summed E-state index contributed by atoms with van der Waals surface area (Å²) in [5.41, 5.74) is 2.85. The Morgan fingerprint density at radius 2 is 1.87 bits per heavy atom. The second-order valence-electron chi connectivity index (χ2n) is 6.72. The number of hydrogen-bond acceptors (Lipinski definition) is 4. The molecule has 128 valence electrons. The molecule has 1 saturated heterocycles. The quantitative estimate of drug-likeness (QED) is 0.849. The van der Waals surface area contributed by atoms with Crippen molar-refractivity contribution in [3.63, 3.8) is 0 Å². The van der Waals surface area contributed by atoms with Gasteiger partial charge in [-0.3, -0.25) is 14.8 Å². The predicted molar refractivity (Wildman–Crippen MR) is 91.0 cm³/mol. The fraction of sp³-hybridized carbons (Fsp3) is 0.750. The third-order valence-electron chi connectivity index (χ3n) is 5.45. The maximum absolute atomic E-state index is 12.8. The highest BCUT2D eigenvalue weighted by Crippen LogP contribution is 2.25. The molecule has 0 atom stereocenters. The van der Waals surface area contributed by atoms with Gasteiger partial charge >= 0.3 is 0 Å². The van der Waals surface area contributed by atoms with Crippen molar-refractivity contribution in [1.82, 2.24) is 25.3 Å². The molecule has 4 rings (SSSR count). The number of aromatic amines is 1. The standard InChI is InChI=1S/C16H25N5O.ClH/c22-16(15-13-11-17-6-5-14(13)18-19-15)21-9-7-20(8-10-21)12-3-1-2-4-12;/h12,17H,1-11H2,(H,18,19);1H. The molecule has 1 aliphatic carbocycles. The summed E-state index contributed by atoms with van der Waals surface area (Å²) < 4.78 is 0. The molecule has 0 bridgehead atoms. The smallest absolute Gasteiger partial charge is 0.274 e. The molecule has 1 amide bonds. The third kappa shape index (κ3) is 3.25. The number of aromatic nitrogens is 2. The summed E-state index contributed by atoms with van der Waals surface area (Å²) in [6.45, 7) is 5.43. The van der Waals surface area contributed by atoms with Crippen LogP contribution in [0.15, 0.2) is 0 Å². The molecule has 0 spiro atoms. The third-order valence-corrected chi connectivity index (χ3v) is 5.45. The predicted octanol–water partition coefficient (Wildman–Crippen LogP) is 1.18. The summed E-state index contributed by atoms with van der Waals surface area (Å²) in [6.07, 6.45) is 6.36. The maximum atomic E-state index is 12.8. The molecule has 3 heterocycles. The van der Waals surface area contributed by atoms with E-state index in [0.717, 1.165) is 63.0 Å². The van der Waals surface area contributed by atoms with Gasteiger partial charge in [0.15, 0.2) is 5.69 Å². The van der Waals surface area contributed by atoms with Gasteiger partial charge in [-0.15, -0.1) is 12.4 Å². The van der Waals surface area contributed by atoms with E-state index in [1.54, 1.807) is 0 Å². The monoisotopic (exact) mass is 339 g/mol. The van der Waals surface area contributed by atoms with Crippen LogP contribution in [0.3, 0.4) is 0 Å². The van der Waals surface area contributed by atoms with E-state index in [1.807, 2.05) is 4.90 Å². The van der Waals surface area contributed by atoms with Gasteiger partial charge in [-0.2, -0.15) is 5.10 Å². The molecule has 2 fully saturated rings. The van der Waals surface area contributed by atoms with Crippen molar-refractivity contribution in [3.05, 3.63) is 17.0 Å². The maximum Gasteiger partial charge on any atom is 0.274 e. The first kappa shape index (κ1) is 16.7. The number of amides is 1. The second kappa shape index (κ2) is 7.20. The zero-order valence-electron chi connectivity index (χ0n) is 13.5. The van der Waals surface area contributed by atoms with E-state index in [9.17, 15) is 4.79 Å². The van der Waals surface area contributed by atoms with E-state index in [1.165, 1.54) is 25.7 Å². The number of piperazine rings is 1. The van der Waals surface area contributed by atoms with Crippen LogP contribution < -0.4 is 5.32 Å². The first-order chi connectivity index (χ1) is 10.8. The first-order valence-corrected chi connectivity index (χ1v) is 8.63. The molecular formula is C16H26ClN5O. The van der Waals surface area contributed by atoms with Crippen LogP contribution in [0, 0.1) is 0 Å². The van der Waals surface area contributed by atoms with E-state index < -0.39 is 0 Å². The Labute approximate surface area is 143 Å². The summed E-state index contributed by atoms with van der Waals surface area (Å²) in [4.78, 5) is 17.3. The Morgan fingerprint density at radius 3 is 2.61 bits per heavy atom. The molecule has 6 nitrogen and oxygen atoms in total. The molecular weight excluding hydrogens is 314 g/mol. The van der Waals surface area contributed by atoms with Crippen LogP contribution in [0.4, 0.5) is 0 Å². The SMILES string of the molecule is Cl.O=C(c1n[nH]c2c1CNCC2)N1CCN(C2CCCC2)CC1. The van der Waals surface area contributed by atoms with Crippen LogP contribution in [0.5, 0.6) is 0 Å². The van der Waals surface area contributed by atoms with Gasteiger partial charge in [0, 0.05) is 63.0 Å². The lowest BCUT2D eigenvalue weighted by atomic mass is 10.1. The van der Waals surface area contributed by atoms with Crippen LogP contribution in [0.2, 0.25) is 0 Å². The summed E-state index contributed by atoms with van der Waals surface area (Å²) in [6, 6.07) is 0.764. The molecule has 1 saturated carbocycles. The Kier molecular flexibility index (Phi) is 5.24. The van der Waals surface area contributed by atoms with Gasteiger partial charge in [0.05, 0.1) is 0 Å². The Morgan fingerprint density at radius 1 is 1.13 bits per heavy atom. The average molecular weight is 340 g/mol. The summed E-state index contributed by atoms with van der Waals surface area (Å²) in [5, 5.41) is 10.7. The molecule has 23 heavy (non-hydrogen) atoms. The minimum atomic E-state index is 0. The minimum absolute atomic E-state index is 0. The van der Waals surface area contributed by atoms with E-state index in [4.69, 9.17) is 0 Å². The molecule has 0 unspecified atom stereocenters. The van der Waals surface area contributed by atoms with Crippen LogP contribution in [-0.2, 0) is 13.0 Å². The van der Waals surface area contributed by atoms with Gasteiger partial charge in [-0.1, -0.05) is 12.8 Å². The topological polar surface area (TPSA) is 64.3 Å². The number of hydrogen-bond donors (Lipinski definition) is 2. The molecule has 2 N–H and O–H groups in total. The van der Waals surface area contributed by atoms with E-state index >= 15 is 0 Å². The lowest BCUT2D eigenvalue weighted by molar-refractivity contribution is 0.0566. The molecule has 0 radical (unpaired) electrons. The summed E-state index contributed by atoms with van der Waals surface area (Å²) in [5.74, 6) is 0.104. The van der Waals surface area contributed by atoms with Crippen molar-refractivity contribution < 1.29 is 4.79 Å². The number of nitrogens with one attached hydrogen (secondary N) is 2. The highest BCUT2D eigenvalue weighted by atomic mass is 35.5. The molecule has 0 aromatic carbocycles. The van der Waals surface area contributed by atoms with Gasteiger partial charge in [0.1, 0.15) is 0 Å². The fourth-order valence-corrected chi connectivity index (χ4v) is 4.11. The number of nitrogens with zero attached hydrogens (tertiary/aromatic N) is 3. The molecule has 1 aromatic rings. The van der Waals surface area contributed by atoms with Gasteiger partial charge in [0.2, 0.25) is 0 Å². The van der Waals surface area contributed by atoms with Crippen molar-refractivity contribution in [2.45, 2.75) is 44.7 Å². The summed E-state index contributed by atoms with van der Waals surface area (Å²) >= 11 is 0. The normalized spacial score (nSPS) is 22.7. The Balaban J connectivity index is 0.00000156. The lowest BCUT2D eigenvalue weighted by Gasteiger charge is -2.37.